The average molecular weight is 309 g/mol. The normalized spacial score (nSPS) is 10.7. The van der Waals surface area contributed by atoms with Gasteiger partial charge in [-0.2, -0.15) is 0 Å². The van der Waals surface area contributed by atoms with Crippen molar-refractivity contribution in [3.05, 3.63) is 42.0 Å². The topological polar surface area (TPSA) is 83.4 Å². The smallest absolute Gasteiger partial charge is 0.161 e. The molecule has 1 aromatic heterocycles. The molecule has 0 atom stereocenters. The summed E-state index contributed by atoms with van der Waals surface area (Å²) in [4.78, 5) is 4.50. The van der Waals surface area contributed by atoms with Crippen LogP contribution in [0.15, 0.2) is 36.4 Å². The van der Waals surface area contributed by atoms with E-state index in [9.17, 15) is 0 Å². The molecule has 0 saturated carbocycles. The highest BCUT2D eigenvalue weighted by Crippen LogP contribution is 2.35. The maximum absolute atomic E-state index is 6.21. The highest BCUT2D eigenvalue weighted by Gasteiger charge is 2.11. The van der Waals surface area contributed by atoms with Crippen molar-refractivity contribution in [2.75, 3.05) is 25.7 Å². The van der Waals surface area contributed by atoms with Crippen LogP contribution in [0.4, 0.5) is 11.5 Å². The molecule has 3 aromatic rings. The zero-order valence-corrected chi connectivity index (χ0v) is 13.4. The summed E-state index contributed by atoms with van der Waals surface area (Å²) in [6.07, 6.45) is 0. The van der Waals surface area contributed by atoms with E-state index in [1.165, 1.54) is 0 Å². The zero-order valence-electron chi connectivity index (χ0n) is 13.4. The Kier molecular flexibility index (Phi) is 3.70. The molecule has 0 aliphatic carbocycles. The highest BCUT2D eigenvalue weighted by molar-refractivity contribution is 6.01. The molecule has 0 aliphatic heterocycles. The van der Waals surface area contributed by atoms with E-state index in [-0.39, 0.29) is 0 Å². The van der Waals surface area contributed by atoms with Crippen LogP contribution in [0.3, 0.4) is 0 Å². The number of nitrogen functional groups attached to an aromatic ring is 2. The maximum atomic E-state index is 6.21. The lowest BCUT2D eigenvalue weighted by molar-refractivity contribution is 0.355. The van der Waals surface area contributed by atoms with Crippen molar-refractivity contribution in [2.45, 2.75) is 6.92 Å². The van der Waals surface area contributed by atoms with E-state index >= 15 is 0 Å². The second-order valence-corrected chi connectivity index (χ2v) is 5.35. The van der Waals surface area contributed by atoms with Crippen molar-refractivity contribution < 1.29 is 9.47 Å². The molecular formula is C18H19N3O2. The Morgan fingerprint density at radius 3 is 2.30 bits per heavy atom. The number of rotatable bonds is 3. The van der Waals surface area contributed by atoms with Crippen LogP contribution >= 0.6 is 0 Å². The van der Waals surface area contributed by atoms with Crippen LogP contribution in [0.5, 0.6) is 11.5 Å². The molecule has 0 saturated heterocycles. The van der Waals surface area contributed by atoms with E-state index in [2.05, 4.69) is 4.98 Å². The molecule has 3 rings (SSSR count). The first-order valence-corrected chi connectivity index (χ1v) is 7.23. The monoisotopic (exact) mass is 309 g/mol. The molecule has 1 heterocycles. The van der Waals surface area contributed by atoms with E-state index in [1.54, 1.807) is 14.2 Å². The third-order valence-corrected chi connectivity index (χ3v) is 3.98. The molecule has 2 aromatic carbocycles. The van der Waals surface area contributed by atoms with Gasteiger partial charge in [-0.05, 0) is 36.8 Å². The first kappa shape index (κ1) is 15.0. The van der Waals surface area contributed by atoms with Gasteiger partial charge in [0.2, 0.25) is 0 Å². The lowest BCUT2D eigenvalue weighted by Gasteiger charge is -2.12. The van der Waals surface area contributed by atoms with Crippen LogP contribution in [-0.2, 0) is 0 Å². The van der Waals surface area contributed by atoms with Gasteiger partial charge in [0, 0.05) is 22.0 Å². The molecule has 0 bridgehead atoms. The van der Waals surface area contributed by atoms with Crippen LogP contribution in [0.2, 0.25) is 0 Å². The Bertz CT molecular complexity index is 891. The van der Waals surface area contributed by atoms with Crippen molar-refractivity contribution in [1.29, 1.82) is 0 Å². The Balaban J connectivity index is 2.22. The van der Waals surface area contributed by atoms with Crippen molar-refractivity contribution in [1.82, 2.24) is 4.98 Å². The third-order valence-electron chi connectivity index (χ3n) is 3.98. The lowest BCUT2D eigenvalue weighted by Crippen LogP contribution is -1.98. The van der Waals surface area contributed by atoms with Gasteiger partial charge >= 0.3 is 0 Å². The molecular weight excluding hydrogens is 290 g/mol. The van der Waals surface area contributed by atoms with Crippen molar-refractivity contribution in [2.24, 2.45) is 0 Å². The SMILES string of the molecule is COc1ccc(-c2cc3c(N)c(C)ccc3c(N)n2)cc1OC. The number of ether oxygens (including phenoxy) is 2. The van der Waals surface area contributed by atoms with Gasteiger partial charge in [0.25, 0.3) is 0 Å². The summed E-state index contributed by atoms with van der Waals surface area (Å²) in [5.74, 6) is 1.77. The number of nitrogens with zero attached hydrogens (tertiary/aromatic N) is 1. The number of nitrogens with two attached hydrogens (primary N) is 2. The van der Waals surface area contributed by atoms with Crippen LogP contribution in [0.1, 0.15) is 5.56 Å². The quantitative estimate of drug-likeness (QED) is 0.725. The van der Waals surface area contributed by atoms with Gasteiger partial charge in [0.05, 0.1) is 19.9 Å². The molecule has 0 unspecified atom stereocenters. The fourth-order valence-electron chi connectivity index (χ4n) is 2.63. The predicted molar refractivity (Wildman–Crippen MR) is 93.8 cm³/mol. The number of benzene rings is 2. The summed E-state index contributed by atoms with van der Waals surface area (Å²) in [5, 5.41) is 1.76. The summed E-state index contributed by atoms with van der Waals surface area (Å²) in [6.45, 7) is 1.97. The van der Waals surface area contributed by atoms with Gasteiger partial charge in [-0.1, -0.05) is 12.1 Å². The number of aromatic nitrogens is 1. The maximum Gasteiger partial charge on any atom is 0.161 e. The molecule has 4 N–H and O–H groups in total. The lowest BCUT2D eigenvalue weighted by atomic mass is 10.0. The minimum absolute atomic E-state index is 0.457. The first-order chi connectivity index (χ1) is 11.0. The Morgan fingerprint density at radius 2 is 1.61 bits per heavy atom. The number of fused-ring (bicyclic) bond motifs is 1. The number of methoxy groups -OCH3 is 2. The molecule has 23 heavy (non-hydrogen) atoms. The number of hydrogen-bond donors (Lipinski definition) is 2. The summed E-state index contributed by atoms with van der Waals surface area (Å²) in [5.41, 5.74) is 15.7. The van der Waals surface area contributed by atoms with Crippen LogP contribution in [0.25, 0.3) is 22.0 Å². The molecule has 118 valence electrons. The highest BCUT2D eigenvalue weighted by atomic mass is 16.5. The van der Waals surface area contributed by atoms with Gasteiger partial charge in [0.15, 0.2) is 11.5 Å². The average Bonchev–Trinajstić information content (AvgIpc) is 2.57. The van der Waals surface area contributed by atoms with Gasteiger partial charge in [0.1, 0.15) is 5.82 Å². The largest absolute Gasteiger partial charge is 0.493 e. The second-order valence-electron chi connectivity index (χ2n) is 5.35. The second kappa shape index (κ2) is 5.68. The van der Waals surface area contributed by atoms with E-state index in [0.717, 1.165) is 33.3 Å². The van der Waals surface area contributed by atoms with Crippen molar-refractivity contribution >= 4 is 22.3 Å². The Hall–Kier alpha value is -2.95. The minimum atomic E-state index is 0.457. The summed E-state index contributed by atoms with van der Waals surface area (Å²) in [7, 11) is 3.21. The number of hydrogen-bond acceptors (Lipinski definition) is 5. The fraction of sp³-hybridized carbons (Fsp3) is 0.167. The van der Waals surface area contributed by atoms with E-state index < -0.39 is 0 Å². The number of anilines is 2. The van der Waals surface area contributed by atoms with Gasteiger partial charge in [-0.3, -0.25) is 0 Å². The van der Waals surface area contributed by atoms with Gasteiger partial charge in [-0.25, -0.2) is 4.98 Å². The predicted octanol–water partition coefficient (Wildman–Crippen LogP) is 3.39. The standard InChI is InChI=1S/C18H19N3O2/c1-10-4-6-12-13(17(10)19)9-14(21-18(12)20)11-5-7-15(22-2)16(8-11)23-3/h4-9H,19H2,1-3H3,(H2,20,21). The van der Waals surface area contributed by atoms with E-state index in [4.69, 9.17) is 20.9 Å². The van der Waals surface area contributed by atoms with Crippen molar-refractivity contribution in [3.8, 4) is 22.8 Å². The summed E-state index contributed by atoms with van der Waals surface area (Å²) >= 11 is 0. The third kappa shape index (κ3) is 2.50. The van der Waals surface area contributed by atoms with Crippen molar-refractivity contribution in [3.63, 3.8) is 0 Å². The molecule has 0 aliphatic rings. The zero-order chi connectivity index (χ0) is 16.6. The summed E-state index contributed by atoms with van der Waals surface area (Å²) in [6, 6.07) is 11.5. The molecule has 0 amide bonds. The number of pyridine rings is 1. The first-order valence-electron chi connectivity index (χ1n) is 7.23. The van der Waals surface area contributed by atoms with Crippen LogP contribution in [-0.4, -0.2) is 19.2 Å². The van der Waals surface area contributed by atoms with E-state index in [1.807, 2.05) is 43.3 Å². The van der Waals surface area contributed by atoms with Crippen LogP contribution < -0.4 is 20.9 Å². The number of aryl methyl sites for hydroxylation is 1. The molecule has 5 heteroatoms. The Morgan fingerprint density at radius 1 is 0.870 bits per heavy atom. The van der Waals surface area contributed by atoms with Crippen LogP contribution in [0, 0.1) is 6.92 Å². The van der Waals surface area contributed by atoms with Gasteiger partial charge in [-0.15, -0.1) is 0 Å². The molecule has 0 spiro atoms. The van der Waals surface area contributed by atoms with E-state index in [0.29, 0.717) is 17.3 Å². The minimum Gasteiger partial charge on any atom is -0.493 e. The Labute approximate surface area is 134 Å². The molecule has 5 nitrogen and oxygen atoms in total. The van der Waals surface area contributed by atoms with Gasteiger partial charge < -0.3 is 20.9 Å². The molecule has 0 fully saturated rings. The summed E-state index contributed by atoms with van der Waals surface area (Å²) < 4.78 is 10.6. The molecule has 0 radical (unpaired) electrons. The fourth-order valence-corrected chi connectivity index (χ4v) is 2.63.